The van der Waals surface area contributed by atoms with Crippen LogP contribution in [0.2, 0.25) is 0 Å². The molecule has 0 aromatic heterocycles. The third kappa shape index (κ3) is 6.28. The van der Waals surface area contributed by atoms with E-state index in [1.165, 1.54) is 0 Å². The van der Waals surface area contributed by atoms with Gasteiger partial charge in [-0.2, -0.15) is 0 Å². The summed E-state index contributed by atoms with van der Waals surface area (Å²) in [5.74, 6) is 2.60. The highest BCUT2D eigenvalue weighted by molar-refractivity contribution is 5.68. The fourth-order valence-corrected chi connectivity index (χ4v) is 2.65. The van der Waals surface area contributed by atoms with Gasteiger partial charge in [-0.15, -0.1) is 12.3 Å². The third-order valence-electron chi connectivity index (χ3n) is 3.67. The van der Waals surface area contributed by atoms with Gasteiger partial charge in [0.25, 0.3) is 0 Å². The lowest BCUT2D eigenvalue weighted by molar-refractivity contribution is 0.0114. The Bertz CT molecular complexity index is 450. The fourth-order valence-electron chi connectivity index (χ4n) is 2.65. The van der Waals surface area contributed by atoms with Crippen molar-refractivity contribution in [2.45, 2.75) is 77.0 Å². The Kier molecular flexibility index (Phi) is 7.07. The van der Waals surface area contributed by atoms with Crippen LogP contribution in [0.5, 0.6) is 0 Å². The van der Waals surface area contributed by atoms with Gasteiger partial charge in [-0.3, -0.25) is 0 Å². The van der Waals surface area contributed by atoms with Crippen molar-refractivity contribution in [2.75, 3.05) is 6.54 Å². The average molecular weight is 306 g/mol. The van der Waals surface area contributed by atoms with Gasteiger partial charge in [0.15, 0.2) is 0 Å². The lowest BCUT2D eigenvalue weighted by Crippen LogP contribution is -2.45. The molecule has 0 bridgehead atoms. The second-order valence-corrected chi connectivity index (χ2v) is 6.65. The Balaban J connectivity index is 2.67. The van der Waals surface area contributed by atoms with Gasteiger partial charge in [-0.25, -0.2) is 4.79 Å². The van der Waals surface area contributed by atoms with Crippen molar-refractivity contribution in [3.8, 4) is 12.3 Å². The van der Waals surface area contributed by atoms with E-state index in [1.54, 1.807) is 4.90 Å². The van der Waals surface area contributed by atoms with Crippen molar-refractivity contribution < 1.29 is 9.53 Å². The molecule has 0 radical (unpaired) electrons. The Morgan fingerprint density at radius 2 is 2.05 bits per heavy atom. The van der Waals surface area contributed by atoms with Gasteiger partial charge >= 0.3 is 6.09 Å². The molecular formula is C16H26N4O2. The van der Waals surface area contributed by atoms with Crippen LogP contribution in [-0.4, -0.2) is 35.2 Å². The minimum absolute atomic E-state index is 0.0486. The van der Waals surface area contributed by atoms with E-state index in [0.29, 0.717) is 13.0 Å². The predicted octanol–water partition coefficient (Wildman–Crippen LogP) is 4.26. The van der Waals surface area contributed by atoms with Crippen LogP contribution in [0.1, 0.15) is 59.3 Å². The predicted molar refractivity (Wildman–Crippen MR) is 86.2 cm³/mol. The molecular weight excluding hydrogens is 280 g/mol. The molecule has 0 saturated heterocycles. The zero-order valence-electron chi connectivity index (χ0n) is 13.8. The Hall–Kier alpha value is -1.86. The number of hydrogen-bond acceptors (Lipinski definition) is 3. The number of hydrogen-bond donors (Lipinski definition) is 0. The number of azide groups is 1. The molecule has 1 aliphatic rings. The topological polar surface area (TPSA) is 78.3 Å². The molecule has 122 valence electrons. The zero-order chi connectivity index (χ0) is 16.6. The second kappa shape index (κ2) is 8.55. The van der Waals surface area contributed by atoms with E-state index in [1.807, 2.05) is 20.8 Å². The first-order chi connectivity index (χ1) is 10.4. The smallest absolute Gasteiger partial charge is 0.410 e. The molecule has 1 rings (SSSR count). The number of carbonyl (C=O) groups excluding carboxylic acids is 1. The van der Waals surface area contributed by atoms with Gasteiger partial charge in [0.1, 0.15) is 5.60 Å². The Labute approximate surface area is 132 Å². The van der Waals surface area contributed by atoms with Gasteiger partial charge in [0, 0.05) is 30.0 Å². The second-order valence-electron chi connectivity index (χ2n) is 6.65. The molecule has 6 heteroatoms. The van der Waals surface area contributed by atoms with Gasteiger partial charge < -0.3 is 9.64 Å². The average Bonchev–Trinajstić information content (AvgIpc) is 2.43. The van der Waals surface area contributed by atoms with Gasteiger partial charge in [0.05, 0.1) is 0 Å². The molecule has 1 amide bonds. The maximum absolute atomic E-state index is 12.4. The fraction of sp³-hybridized carbons (Fsp3) is 0.812. The van der Waals surface area contributed by atoms with Crippen molar-refractivity contribution in [3.63, 3.8) is 0 Å². The molecule has 6 nitrogen and oxygen atoms in total. The maximum atomic E-state index is 12.4. The number of amides is 1. The summed E-state index contributed by atoms with van der Waals surface area (Å²) in [7, 11) is 0. The molecule has 1 fully saturated rings. The van der Waals surface area contributed by atoms with Crippen LogP contribution in [0, 0.1) is 12.3 Å². The molecule has 1 saturated carbocycles. The molecule has 22 heavy (non-hydrogen) atoms. The number of nitrogens with zero attached hydrogens (tertiary/aromatic N) is 4. The monoisotopic (exact) mass is 306 g/mol. The van der Waals surface area contributed by atoms with E-state index >= 15 is 0 Å². The lowest BCUT2D eigenvalue weighted by Gasteiger charge is -2.36. The molecule has 0 aromatic carbocycles. The van der Waals surface area contributed by atoms with E-state index in [4.69, 9.17) is 16.7 Å². The first-order valence-corrected chi connectivity index (χ1v) is 7.84. The van der Waals surface area contributed by atoms with Crippen LogP contribution in [0.15, 0.2) is 5.11 Å². The minimum atomic E-state index is -0.510. The first-order valence-electron chi connectivity index (χ1n) is 7.84. The van der Waals surface area contributed by atoms with Crippen molar-refractivity contribution in [1.82, 2.24) is 4.90 Å². The van der Waals surface area contributed by atoms with E-state index in [9.17, 15) is 4.79 Å². The van der Waals surface area contributed by atoms with Crippen LogP contribution in [-0.2, 0) is 4.74 Å². The largest absolute Gasteiger partial charge is 0.444 e. The van der Waals surface area contributed by atoms with E-state index in [2.05, 4.69) is 15.9 Å². The third-order valence-corrected chi connectivity index (χ3v) is 3.67. The Morgan fingerprint density at radius 1 is 1.41 bits per heavy atom. The molecule has 0 aromatic rings. The summed E-state index contributed by atoms with van der Waals surface area (Å²) in [6, 6.07) is 0.185. The molecule has 1 aliphatic carbocycles. The van der Waals surface area contributed by atoms with Crippen LogP contribution >= 0.6 is 0 Å². The molecule has 0 spiro atoms. The summed E-state index contributed by atoms with van der Waals surface area (Å²) in [5, 5.41) is 3.78. The first kappa shape index (κ1) is 18.2. The summed E-state index contributed by atoms with van der Waals surface area (Å²) in [6.07, 6.45) is 9.71. The summed E-state index contributed by atoms with van der Waals surface area (Å²) >= 11 is 0. The van der Waals surface area contributed by atoms with Crippen LogP contribution < -0.4 is 0 Å². The van der Waals surface area contributed by atoms with Gasteiger partial charge in [0.2, 0.25) is 0 Å². The number of terminal acetylenes is 1. The van der Waals surface area contributed by atoms with E-state index in [-0.39, 0.29) is 18.2 Å². The van der Waals surface area contributed by atoms with E-state index < -0.39 is 5.60 Å². The van der Waals surface area contributed by atoms with Crippen molar-refractivity contribution in [2.24, 2.45) is 5.11 Å². The molecule has 0 heterocycles. The van der Waals surface area contributed by atoms with E-state index in [0.717, 1.165) is 32.1 Å². The normalized spacial score (nSPS) is 21.4. The van der Waals surface area contributed by atoms with Crippen LogP contribution in [0.4, 0.5) is 4.79 Å². The quantitative estimate of drug-likeness (QED) is 0.250. The zero-order valence-corrected chi connectivity index (χ0v) is 13.8. The molecule has 0 aliphatic heterocycles. The summed E-state index contributed by atoms with van der Waals surface area (Å²) in [6.45, 7) is 6.20. The van der Waals surface area contributed by atoms with Crippen molar-refractivity contribution in [3.05, 3.63) is 10.4 Å². The van der Waals surface area contributed by atoms with Crippen LogP contribution in [0.3, 0.4) is 0 Å². The highest BCUT2D eigenvalue weighted by atomic mass is 16.6. The van der Waals surface area contributed by atoms with Crippen molar-refractivity contribution in [1.29, 1.82) is 0 Å². The van der Waals surface area contributed by atoms with Crippen molar-refractivity contribution >= 4 is 6.09 Å². The van der Waals surface area contributed by atoms with Crippen LogP contribution in [0.25, 0.3) is 10.4 Å². The molecule has 0 atom stereocenters. The minimum Gasteiger partial charge on any atom is -0.444 e. The summed E-state index contributed by atoms with van der Waals surface area (Å²) in [4.78, 5) is 17.1. The lowest BCUT2D eigenvalue weighted by atomic mass is 9.90. The number of rotatable bonds is 5. The molecule has 0 N–H and O–H groups in total. The summed E-state index contributed by atoms with van der Waals surface area (Å²) in [5.41, 5.74) is 8.00. The number of unbranched alkanes of at least 4 members (excludes halogenated alkanes) is 1. The highest BCUT2D eigenvalue weighted by Crippen LogP contribution is 2.27. The Morgan fingerprint density at radius 3 is 2.55 bits per heavy atom. The number of carbonyl (C=O) groups is 1. The molecule has 0 unspecified atom stereocenters. The summed E-state index contributed by atoms with van der Waals surface area (Å²) < 4.78 is 5.51. The highest BCUT2D eigenvalue weighted by Gasteiger charge is 2.31. The SMILES string of the molecule is C#CCCCN(C(=O)OC(C)(C)C)[C@H]1CC[C@@H](N=[N+]=[N-])CC1. The maximum Gasteiger partial charge on any atom is 0.410 e. The standard InChI is InChI=1S/C16H26N4O2/c1-5-6-7-12-20(15(21)22-16(2,3)4)14-10-8-13(9-11-14)18-19-17/h1,13-14H,6-12H2,2-4H3/t13-,14+. The number of ether oxygens (including phenoxy) is 1. The van der Waals surface area contributed by atoms with Gasteiger partial charge in [-0.05, 0) is 58.4 Å². The van der Waals surface area contributed by atoms with Gasteiger partial charge in [-0.1, -0.05) is 5.11 Å².